The molecule has 2 saturated heterocycles. The first kappa shape index (κ1) is 32.3. The van der Waals surface area contributed by atoms with E-state index in [0.29, 0.717) is 29.5 Å². The number of aromatic nitrogens is 4. The predicted molar refractivity (Wildman–Crippen MR) is 192 cm³/mol. The van der Waals surface area contributed by atoms with Gasteiger partial charge in [-0.1, -0.05) is 91.0 Å². The Morgan fingerprint density at radius 1 is 0.940 bits per heavy atom. The third-order valence-corrected chi connectivity index (χ3v) is 9.54. The zero-order valence-corrected chi connectivity index (χ0v) is 27.8. The highest BCUT2D eigenvalue weighted by Gasteiger charge is 2.47. The lowest BCUT2D eigenvalue weighted by Crippen LogP contribution is -2.42. The van der Waals surface area contributed by atoms with E-state index in [1.54, 1.807) is 4.57 Å². The lowest BCUT2D eigenvalue weighted by atomic mass is 9.91. The molecule has 0 aliphatic carbocycles. The van der Waals surface area contributed by atoms with E-state index in [4.69, 9.17) is 16.1 Å². The molecule has 2 aliphatic heterocycles. The summed E-state index contributed by atoms with van der Waals surface area (Å²) in [7, 11) is 0. The number of carbonyl (C=O) groups excluding carboxylic acids is 1. The van der Waals surface area contributed by atoms with Crippen LogP contribution in [-0.2, 0) is 16.1 Å². The standard InChI is InChI=1S/C38H44N8O4/c1-2-39-36(49)33-31(47)32(48)37(50-33)46-24-41-30-34(40-22-29(26-14-8-4-9-15-26)27-16-10-5-11-17-27)43-38(44-35(30)46)42-28-18-20-45(21-19-28)23-25-12-6-3-7-13-25/h3-17,24,28-29,31-33,37,47-48H,2,18-23H2,1H3,(H,39,49)(H2,40,42,43,44)/t31-,32+,33-,37?/m0/s1/i1D. The fourth-order valence-electron chi connectivity index (χ4n) is 6.88. The van der Waals surface area contributed by atoms with Crippen molar-refractivity contribution in [1.29, 1.82) is 0 Å². The van der Waals surface area contributed by atoms with Crippen LogP contribution in [0.1, 0.15) is 49.9 Å². The fraction of sp³-hybridized carbons (Fsp3) is 0.368. The highest BCUT2D eigenvalue weighted by atomic mass is 16.6. The summed E-state index contributed by atoms with van der Waals surface area (Å²) in [4.78, 5) is 29.6. The predicted octanol–water partition coefficient (Wildman–Crippen LogP) is 3.90. The molecule has 2 aliphatic rings. The van der Waals surface area contributed by atoms with Crippen LogP contribution < -0.4 is 16.0 Å². The second kappa shape index (κ2) is 15.3. The van der Waals surface area contributed by atoms with Gasteiger partial charge in [-0.25, -0.2) is 4.98 Å². The number of piperidine rings is 1. The van der Waals surface area contributed by atoms with E-state index in [-0.39, 0.29) is 25.4 Å². The number of anilines is 2. The van der Waals surface area contributed by atoms with Crippen LogP contribution in [0.15, 0.2) is 97.3 Å². The molecule has 0 bridgehead atoms. The first-order valence-corrected chi connectivity index (χ1v) is 17.2. The number of amides is 1. The van der Waals surface area contributed by atoms with E-state index in [1.165, 1.54) is 11.9 Å². The van der Waals surface area contributed by atoms with Gasteiger partial charge in [-0.3, -0.25) is 14.3 Å². The second-order valence-electron chi connectivity index (χ2n) is 12.9. The minimum Gasteiger partial charge on any atom is -0.387 e. The Labute approximate surface area is 293 Å². The number of hydrogen-bond acceptors (Lipinski definition) is 10. The Bertz CT molecular complexity index is 1840. The number of rotatable bonds is 12. The third kappa shape index (κ3) is 7.34. The molecule has 12 heteroatoms. The van der Waals surface area contributed by atoms with Crippen molar-refractivity contribution < 1.29 is 21.1 Å². The van der Waals surface area contributed by atoms with Crippen LogP contribution in [0.2, 0.25) is 0 Å². The number of aliphatic hydroxyl groups excluding tert-OH is 2. The van der Waals surface area contributed by atoms with Gasteiger partial charge in [0.1, 0.15) is 12.2 Å². The van der Waals surface area contributed by atoms with Crippen molar-refractivity contribution in [2.24, 2.45) is 0 Å². The van der Waals surface area contributed by atoms with E-state index in [2.05, 4.69) is 74.4 Å². The summed E-state index contributed by atoms with van der Waals surface area (Å²) in [5.41, 5.74) is 4.45. The molecule has 1 amide bonds. The molecule has 0 radical (unpaired) electrons. The van der Waals surface area contributed by atoms with Crippen molar-refractivity contribution in [1.82, 2.24) is 29.7 Å². The molecule has 2 aromatic heterocycles. The maximum absolute atomic E-state index is 12.7. The largest absolute Gasteiger partial charge is 0.387 e. The van der Waals surface area contributed by atoms with Gasteiger partial charge < -0.3 is 30.9 Å². The number of nitrogens with one attached hydrogen (secondary N) is 3. The molecule has 0 spiro atoms. The van der Waals surface area contributed by atoms with Gasteiger partial charge in [0.2, 0.25) is 5.95 Å². The van der Waals surface area contributed by atoms with Gasteiger partial charge in [-0.05, 0) is 36.4 Å². The number of ether oxygens (including phenoxy) is 1. The molecule has 2 fully saturated rings. The smallest absolute Gasteiger partial charge is 0.252 e. The summed E-state index contributed by atoms with van der Waals surface area (Å²) in [6, 6.07) is 31.2. The number of benzene rings is 3. The van der Waals surface area contributed by atoms with Gasteiger partial charge in [0.15, 0.2) is 29.3 Å². The molecule has 260 valence electrons. The van der Waals surface area contributed by atoms with E-state index in [1.807, 2.05) is 42.5 Å². The van der Waals surface area contributed by atoms with Gasteiger partial charge in [0, 0.05) is 46.1 Å². The summed E-state index contributed by atoms with van der Waals surface area (Å²) in [6.07, 6.45) is -2.04. The molecule has 7 rings (SSSR count). The summed E-state index contributed by atoms with van der Waals surface area (Å²) in [5.74, 6) is 0.342. The van der Waals surface area contributed by atoms with E-state index in [0.717, 1.165) is 43.6 Å². The Morgan fingerprint density at radius 2 is 1.60 bits per heavy atom. The molecule has 50 heavy (non-hydrogen) atoms. The topological polar surface area (TPSA) is 150 Å². The number of aliphatic hydroxyl groups is 2. The van der Waals surface area contributed by atoms with Crippen molar-refractivity contribution in [2.45, 2.75) is 62.8 Å². The highest BCUT2D eigenvalue weighted by Crippen LogP contribution is 2.34. The number of imidazole rings is 1. The first-order chi connectivity index (χ1) is 25.0. The molecule has 1 unspecified atom stereocenters. The summed E-state index contributed by atoms with van der Waals surface area (Å²) < 4.78 is 14.8. The van der Waals surface area contributed by atoms with Gasteiger partial charge in [0.25, 0.3) is 5.91 Å². The van der Waals surface area contributed by atoms with Crippen LogP contribution in [-0.4, -0.2) is 91.1 Å². The summed E-state index contributed by atoms with van der Waals surface area (Å²) >= 11 is 0. The average Bonchev–Trinajstić information content (AvgIpc) is 3.72. The molecule has 5 aromatic rings. The SMILES string of the molecule is [2H]CCNC(=O)[C@H]1OC(n2cnc3c(NCC(c4ccccc4)c4ccccc4)nc(NC4CCN(Cc5ccccc5)CC4)nc32)[C@H](O)[C@@H]1O. The van der Waals surface area contributed by atoms with Crippen LogP contribution in [0.5, 0.6) is 0 Å². The van der Waals surface area contributed by atoms with Crippen LogP contribution in [0.25, 0.3) is 11.2 Å². The average molecular weight is 678 g/mol. The molecule has 4 atom stereocenters. The quantitative estimate of drug-likeness (QED) is 0.132. The number of likely N-dealkylation sites (N-methyl/N-ethyl adjacent to an activating group) is 1. The summed E-state index contributed by atoms with van der Waals surface area (Å²) in [6.45, 7) is 3.37. The van der Waals surface area contributed by atoms with Crippen LogP contribution in [0.4, 0.5) is 11.8 Å². The van der Waals surface area contributed by atoms with Crippen LogP contribution in [0.3, 0.4) is 0 Å². The number of carbonyl (C=O) groups is 1. The van der Waals surface area contributed by atoms with Crippen molar-refractivity contribution >= 4 is 28.8 Å². The Hall–Kier alpha value is -4.88. The van der Waals surface area contributed by atoms with Crippen molar-refractivity contribution in [3.63, 3.8) is 0 Å². The molecule has 12 nitrogen and oxygen atoms in total. The molecular formula is C38H44N8O4. The highest BCUT2D eigenvalue weighted by molar-refractivity contribution is 5.85. The summed E-state index contributed by atoms with van der Waals surface area (Å²) in [5, 5.41) is 31.6. The molecule has 4 heterocycles. The lowest BCUT2D eigenvalue weighted by Gasteiger charge is -2.32. The minimum atomic E-state index is -1.48. The third-order valence-electron chi connectivity index (χ3n) is 9.54. The van der Waals surface area contributed by atoms with Crippen LogP contribution >= 0.6 is 0 Å². The second-order valence-corrected chi connectivity index (χ2v) is 12.9. The van der Waals surface area contributed by atoms with Crippen molar-refractivity contribution in [3.8, 4) is 0 Å². The maximum Gasteiger partial charge on any atom is 0.252 e. The lowest BCUT2D eigenvalue weighted by molar-refractivity contribution is -0.137. The monoisotopic (exact) mass is 677 g/mol. The number of fused-ring (bicyclic) bond motifs is 1. The Balaban J connectivity index is 1.16. The number of hydrogen-bond donors (Lipinski definition) is 5. The molecule has 0 saturated carbocycles. The van der Waals surface area contributed by atoms with Gasteiger partial charge in [-0.15, -0.1) is 0 Å². The number of nitrogens with zero attached hydrogens (tertiary/aromatic N) is 5. The molecular weight excluding hydrogens is 632 g/mol. The van der Waals surface area contributed by atoms with Gasteiger partial charge >= 0.3 is 0 Å². The normalized spacial score (nSPS) is 21.7. The van der Waals surface area contributed by atoms with Crippen molar-refractivity contribution in [3.05, 3.63) is 114 Å². The molecule has 5 N–H and O–H groups in total. The zero-order valence-electron chi connectivity index (χ0n) is 28.8. The number of likely N-dealkylation sites (tertiary alicyclic amines) is 1. The van der Waals surface area contributed by atoms with E-state index < -0.39 is 30.4 Å². The van der Waals surface area contributed by atoms with E-state index in [9.17, 15) is 15.0 Å². The Kier molecular flexibility index (Phi) is 9.92. The Morgan fingerprint density at radius 3 is 2.26 bits per heavy atom. The van der Waals surface area contributed by atoms with Crippen molar-refractivity contribution in [2.75, 3.05) is 36.8 Å². The zero-order chi connectivity index (χ0) is 35.2. The van der Waals surface area contributed by atoms with Gasteiger partial charge in [0.05, 0.1) is 6.33 Å². The maximum atomic E-state index is 12.7. The molecule has 3 aromatic carbocycles. The fourth-order valence-corrected chi connectivity index (χ4v) is 6.88. The van der Waals surface area contributed by atoms with Gasteiger partial charge in [-0.2, -0.15) is 9.97 Å². The first-order valence-electron chi connectivity index (χ1n) is 17.9. The van der Waals surface area contributed by atoms with Crippen LogP contribution in [0, 0.1) is 0 Å². The minimum absolute atomic E-state index is 0.0166. The van der Waals surface area contributed by atoms with E-state index >= 15 is 0 Å².